The zero-order chi connectivity index (χ0) is 15.2. The Kier molecular flexibility index (Phi) is 5.07. The summed E-state index contributed by atoms with van der Waals surface area (Å²) in [5, 5.41) is 0.429. The monoisotopic (exact) mass is 301 g/mol. The fraction of sp³-hybridized carbons (Fsp3) is 0.250. The lowest BCUT2D eigenvalue weighted by Gasteiger charge is -2.03. The van der Waals surface area contributed by atoms with Crippen LogP contribution in [0.5, 0.6) is 0 Å². The Morgan fingerprint density at radius 1 is 1.43 bits per heavy atom. The Morgan fingerprint density at radius 2 is 2.24 bits per heavy atom. The number of aromatic nitrogens is 1. The Balaban J connectivity index is 2.50. The molecule has 1 N–H and O–H groups in total. The van der Waals surface area contributed by atoms with Crippen molar-refractivity contribution in [3.05, 3.63) is 45.7 Å². The van der Waals surface area contributed by atoms with Crippen LogP contribution in [0.2, 0.25) is 0 Å². The third-order valence-corrected chi connectivity index (χ3v) is 3.07. The molecule has 0 unspecified atom stereocenters. The number of pyridine rings is 1. The van der Waals surface area contributed by atoms with E-state index in [1.807, 2.05) is 6.07 Å². The molecule has 0 amide bonds. The SMILES string of the molecule is CCOC(=O)c1c[nH]c2ccc(C#CCCS)cc2c1=O. The van der Waals surface area contributed by atoms with E-state index in [1.165, 1.54) is 6.20 Å². The number of fused-ring (bicyclic) bond motifs is 1. The first-order chi connectivity index (χ1) is 10.2. The van der Waals surface area contributed by atoms with Gasteiger partial charge in [0.15, 0.2) is 0 Å². The van der Waals surface area contributed by atoms with Crippen molar-refractivity contribution in [1.82, 2.24) is 4.98 Å². The highest BCUT2D eigenvalue weighted by molar-refractivity contribution is 7.80. The number of aromatic amines is 1. The van der Waals surface area contributed by atoms with Gasteiger partial charge in [0.05, 0.1) is 6.61 Å². The van der Waals surface area contributed by atoms with Crippen LogP contribution >= 0.6 is 12.6 Å². The summed E-state index contributed by atoms with van der Waals surface area (Å²) in [7, 11) is 0. The maximum Gasteiger partial charge on any atom is 0.343 e. The van der Waals surface area contributed by atoms with Gasteiger partial charge >= 0.3 is 5.97 Å². The number of thiol groups is 1. The first-order valence-electron chi connectivity index (χ1n) is 6.59. The number of rotatable bonds is 3. The van der Waals surface area contributed by atoms with Crippen LogP contribution in [0.3, 0.4) is 0 Å². The van der Waals surface area contributed by atoms with Crippen molar-refractivity contribution in [2.45, 2.75) is 13.3 Å². The van der Waals surface area contributed by atoms with E-state index < -0.39 is 5.97 Å². The second-order valence-corrected chi connectivity index (χ2v) is 4.73. The molecule has 0 radical (unpaired) electrons. The van der Waals surface area contributed by atoms with E-state index in [0.717, 1.165) is 5.56 Å². The van der Waals surface area contributed by atoms with Crippen LogP contribution < -0.4 is 5.43 Å². The van der Waals surface area contributed by atoms with Gasteiger partial charge in [0.25, 0.3) is 0 Å². The zero-order valence-corrected chi connectivity index (χ0v) is 12.5. The van der Waals surface area contributed by atoms with Crippen molar-refractivity contribution in [3.8, 4) is 11.8 Å². The van der Waals surface area contributed by atoms with E-state index in [4.69, 9.17) is 4.74 Å². The molecule has 1 aromatic heterocycles. The second-order valence-electron chi connectivity index (χ2n) is 4.29. The summed E-state index contributed by atoms with van der Waals surface area (Å²) < 4.78 is 4.87. The lowest BCUT2D eigenvalue weighted by molar-refractivity contribution is 0.0524. The Bertz CT molecular complexity index is 783. The van der Waals surface area contributed by atoms with Crippen LogP contribution in [0.4, 0.5) is 0 Å². The van der Waals surface area contributed by atoms with E-state index in [9.17, 15) is 9.59 Å². The predicted molar refractivity (Wildman–Crippen MR) is 85.9 cm³/mol. The highest BCUT2D eigenvalue weighted by Gasteiger charge is 2.13. The number of hydrogen-bond acceptors (Lipinski definition) is 4. The van der Waals surface area contributed by atoms with Crippen molar-refractivity contribution in [1.29, 1.82) is 0 Å². The number of esters is 1. The molecule has 0 aliphatic heterocycles. The Hall–Kier alpha value is -2.19. The normalized spacial score (nSPS) is 10.0. The van der Waals surface area contributed by atoms with Gasteiger partial charge in [0, 0.05) is 34.8 Å². The van der Waals surface area contributed by atoms with E-state index in [2.05, 4.69) is 29.5 Å². The molecule has 0 aliphatic rings. The number of H-pyrrole nitrogens is 1. The summed E-state index contributed by atoms with van der Waals surface area (Å²) in [6.07, 6.45) is 2.06. The molecule has 2 rings (SSSR count). The van der Waals surface area contributed by atoms with E-state index in [0.29, 0.717) is 23.1 Å². The molecule has 1 heterocycles. The van der Waals surface area contributed by atoms with Crippen molar-refractivity contribution in [3.63, 3.8) is 0 Å². The Labute approximate surface area is 127 Å². The standard InChI is InChI=1S/C16H15NO3S/c1-2-20-16(19)13-10-17-14-7-6-11(5-3-4-8-21)9-12(14)15(13)18/h6-7,9-10,21H,2,4,8H2,1H3,(H,17,18). The van der Waals surface area contributed by atoms with Crippen molar-refractivity contribution in [2.75, 3.05) is 12.4 Å². The fourth-order valence-corrected chi connectivity index (χ4v) is 1.99. The highest BCUT2D eigenvalue weighted by Crippen LogP contribution is 2.11. The second kappa shape index (κ2) is 7.00. The van der Waals surface area contributed by atoms with Crippen molar-refractivity contribution < 1.29 is 9.53 Å². The molecule has 5 heteroatoms. The first kappa shape index (κ1) is 15.2. The number of hydrogen-bond donors (Lipinski definition) is 2. The van der Waals surface area contributed by atoms with Crippen molar-refractivity contribution >= 4 is 29.5 Å². The molecule has 1 aromatic carbocycles. The number of benzene rings is 1. The molecule has 2 aromatic rings. The smallest absolute Gasteiger partial charge is 0.343 e. The number of carbonyl (C=O) groups is 1. The number of ether oxygens (including phenoxy) is 1. The minimum Gasteiger partial charge on any atom is -0.462 e. The molecule has 0 saturated carbocycles. The molecule has 0 spiro atoms. The summed E-state index contributed by atoms with van der Waals surface area (Å²) in [6.45, 7) is 1.92. The van der Waals surface area contributed by atoms with Gasteiger partial charge < -0.3 is 9.72 Å². The Morgan fingerprint density at radius 3 is 2.95 bits per heavy atom. The molecule has 0 atom stereocenters. The maximum absolute atomic E-state index is 12.3. The third-order valence-electron chi connectivity index (χ3n) is 2.85. The molecule has 21 heavy (non-hydrogen) atoms. The van der Waals surface area contributed by atoms with Crippen LogP contribution in [-0.2, 0) is 4.74 Å². The molecule has 0 fully saturated rings. The molecule has 0 aliphatic carbocycles. The molecular weight excluding hydrogens is 286 g/mol. The molecule has 108 valence electrons. The minimum atomic E-state index is -0.618. The van der Waals surface area contributed by atoms with Gasteiger partial charge in [-0.25, -0.2) is 4.79 Å². The largest absolute Gasteiger partial charge is 0.462 e. The predicted octanol–water partition coefficient (Wildman–Crippen LogP) is 2.38. The molecule has 0 saturated heterocycles. The fourth-order valence-electron chi connectivity index (χ4n) is 1.88. The summed E-state index contributed by atoms with van der Waals surface area (Å²) in [5.41, 5.74) is 1.05. The van der Waals surface area contributed by atoms with Gasteiger partial charge in [0.1, 0.15) is 5.56 Å². The van der Waals surface area contributed by atoms with Gasteiger partial charge in [-0.05, 0) is 25.1 Å². The molecular formula is C16H15NO3S. The minimum absolute atomic E-state index is 0.00446. The highest BCUT2D eigenvalue weighted by atomic mass is 32.1. The van der Waals surface area contributed by atoms with Gasteiger partial charge in [-0.15, -0.1) is 0 Å². The topological polar surface area (TPSA) is 59.2 Å². The molecule has 0 bridgehead atoms. The number of carbonyl (C=O) groups excluding carboxylic acids is 1. The summed E-state index contributed by atoms with van der Waals surface area (Å²) in [4.78, 5) is 27.0. The van der Waals surface area contributed by atoms with Crippen LogP contribution in [0, 0.1) is 11.8 Å². The summed E-state index contributed by atoms with van der Waals surface area (Å²) in [6, 6.07) is 5.28. The first-order valence-corrected chi connectivity index (χ1v) is 7.23. The lowest BCUT2D eigenvalue weighted by atomic mass is 10.1. The quantitative estimate of drug-likeness (QED) is 0.520. The van der Waals surface area contributed by atoms with E-state index in [1.54, 1.807) is 19.1 Å². The lowest BCUT2D eigenvalue weighted by Crippen LogP contribution is -2.18. The summed E-state index contributed by atoms with van der Waals surface area (Å²) in [5.74, 6) is 6.00. The van der Waals surface area contributed by atoms with E-state index in [-0.39, 0.29) is 17.6 Å². The average Bonchev–Trinajstić information content (AvgIpc) is 2.48. The van der Waals surface area contributed by atoms with Crippen LogP contribution in [0.1, 0.15) is 29.3 Å². The van der Waals surface area contributed by atoms with Crippen LogP contribution in [0.15, 0.2) is 29.2 Å². The maximum atomic E-state index is 12.3. The summed E-state index contributed by atoms with van der Waals surface area (Å²) >= 11 is 4.09. The van der Waals surface area contributed by atoms with E-state index >= 15 is 0 Å². The van der Waals surface area contributed by atoms with Crippen molar-refractivity contribution in [2.24, 2.45) is 0 Å². The molecule has 4 nitrogen and oxygen atoms in total. The van der Waals surface area contributed by atoms with Crippen LogP contribution in [-0.4, -0.2) is 23.3 Å². The van der Waals surface area contributed by atoms with Gasteiger partial charge in [-0.2, -0.15) is 12.6 Å². The third kappa shape index (κ3) is 3.47. The number of nitrogens with one attached hydrogen (secondary N) is 1. The zero-order valence-electron chi connectivity index (χ0n) is 11.6. The van der Waals surface area contributed by atoms with Gasteiger partial charge in [-0.1, -0.05) is 11.8 Å². The van der Waals surface area contributed by atoms with Crippen LogP contribution in [0.25, 0.3) is 10.9 Å². The van der Waals surface area contributed by atoms with Gasteiger partial charge in [-0.3, -0.25) is 4.79 Å². The van der Waals surface area contributed by atoms with Gasteiger partial charge in [0.2, 0.25) is 5.43 Å². The average molecular weight is 301 g/mol.